The van der Waals surface area contributed by atoms with Crippen LogP contribution in [-0.2, 0) is 12.8 Å². The Labute approximate surface area is 164 Å². The summed E-state index contributed by atoms with van der Waals surface area (Å²) in [6.45, 7) is 2.60. The van der Waals surface area contributed by atoms with Crippen LogP contribution in [0.3, 0.4) is 0 Å². The van der Waals surface area contributed by atoms with Gasteiger partial charge >= 0.3 is 6.09 Å². The van der Waals surface area contributed by atoms with Crippen LogP contribution < -0.4 is 0 Å². The van der Waals surface area contributed by atoms with Gasteiger partial charge < -0.3 is 10.0 Å². The van der Waals surface area contributed by atoms with Crippen molar-refractivity contribution in [3.8, 4) is 0 Å². The van der Waals surface area contributed by atoms with E-state index >= 15 is 0 Å². The predicted molar refractivity (Wildman–Crippen MR) is 107 cm³/mol. The topological polar surface area (TPSA) is 53.4 Å². The molecule has 1 N–H and O–H groups in total. The first-order chi connectivity index (χ1) is 13.1. The molecule has 1 unspecified atom stereocenters. The summed E-state index contributed by atoms with van der Waals surface area (Å²) < 4.78 is 0. The minimum absolute atomic E-state index is 0.0184. The van der Waals surface area contributed by atoms with Gasteiger partial charge in [0.05, 0.1) is 5.69 Å². The van der Waals surface area contributed by atoms with Gasteiger partial charge in [0.1, 0.15) is 0 Å². The molecule has 5 heteroatoms. The molecule has 0 bridgehead atoms. The molecule has 1 aliphatic heterocycles. The van der Waals surface area contributed by atoms with E-state index in [1.54, 1.807) is 4.90 Å². The minimum atomic E-state index is -0.822. The zero-order chi connectivity index (χ0) is 19.0. The van der Waals surface area contributed by atoms with Gasteiger partial charge in [0.25, 0.3) is 0 Å². The zero-order valence-corrected chi connectivity index (χ0v) is 16.2. The minimum Gasteiger partial charge on any atom is -0.465 e. The number of amides is 1. The number of likely N-dealkylation sites (tertiary alicyclic amines) is 1. The first kappa shape index (κ1) is 18.1. The van der Waals surface area contributed by atoms with Crippen LogP contribution in [0.2, 0.25) is 5.02 Å². The van der Waals surface area contributed by atoms with Crippen LogP contribution >= 0.6 is 11.6 Å². The Morgan fingerprint density at radius 2 is 2.07 bits per heavy atom. The zero-order valence-electron chi connectivity index (χ0n) is 15.4. The number of hydrogen-bond donors (Lipinski definition) is 1. The van der Waals surface area contributed by atoms with E-state index in [1.165, 1.54) is 27.8 Å². The van der Waals surface area contributed by atoms with E-state index in [2.05, 4.69) is 25.1 Å². The molecule has 4 rings (SSSR count). The molecule has 1 amide bonds. The van der Waals surface area contributed by atoms with E-state index in [4.69, 9.17) is 16.6 Å². The third-order valence-corrected chi connectivity index (χ3v) is 6.01. The summed E-state index contributed by atoms with van der Waals surface area (Å²) in [5.41, 5.74) is 7.25. The van der Waals surface area contributed by atoms with Crippen LogP contribution in [-0.4, -0.2) is 33.7 Å². The second-order valence-corrected chi connectivity index (χ2v) is 7.72. The van der Waals surface area contributed by atoms with Gasteiger partial charge in [-0.2, -0.15) is 0 Å². The number of carbonyl (C=O) groups is 1. The van der Waals surface area contributed by atoms with Crippen LogP contribution in [0.25, 0.3) is 5.57 Å². The fourth-order valence-corrected chi connectivity index (χ4v) is 4.61. The molecule has 1 aliphatic carbocycles. The lowest BCUT2D eigenvalue weighted by Crippen LogP contribution is -2.43. The van der Waals surface area contributed by atoms with E-state index < -0.39 is 6.09 Å². The molecular weight excluding hydrogens is 360 g/mol. The Hall–Kier alpha value is -2.33. The van der Waals surface area contributed by atoms with Crippen molar-refractivity contribution in [1.29, 1.82) is 0 Å². The number of halogens is 1. The molecule has 1 atom stereocenters. The largest absolute Gasteiger partial charge is 0.465 e. The fraction of sp³-hybridized carbons (Fsp3) is 0.364. The number of carboxylic acid groups (broad SMARTS) is 1. The van der Waals surface area contributed by atoms with Crippen LogP contribution in [0, 0.1) is 0 Å². The molecule has 0 spiro atoms. The van der Waals surface area contributed by atoms with Crippen molar-refractivity contribution >= 4 is 23.3 Å². The average molecular weight is 383 g/mol. The Kier molecular flexibility index (Phi) is 4.92. The van der Waals surface area contributed by atoms with Crippen LogP contribution in [0.4, 0.5) is 4.79 Å². The maximum absolute atomic E-state index is 11.6. The van der Waals surface area contributed by atoms with E-state index in [9.17, 15) is 9.90 Å². The summed E-state index contributed by atoms with van der Waals surface area (Å²) in [4.78, 5) is 17.9. The first-order valence-corrected chi connectivity index (χ1v) is 9.91. The summed E-state index contributed by atoms with van der Waals surface area (Å²) in [6, 6.07) is 10.3. The Morgan fingerprint density at radius 3 is 2.85 bits per heavy atom. The molecule has 2 aromatic rings. The van der Waals surface area contributed by atoms with Gasteiger partial charge in [0, 0.05) is 29.4 Å². The molecule has 0 saturated carbocycles. The van der Waals surface area contributed by atoms with Crippen molar-refractivity contribution in [3.63, 3.8) is 0 Å². The maximum Gasteiger partial charge on any atom is 0.407 e. The highest BCUT2D eigenvalue weighted by molar-refractivity contribution is 6.30. The van der Waals surface area contributed by atoms with Crippen LogP contribution in [0.15, 0.2) is 42.1 Å². The Balaban J connectivity index is 1.88. The Bertz CT molecular complexity index is 922. The monoisotopic (exact) mass is 382 g/mol. The van der Waals surface area contributed by atoms with E-state index in [0.29, 0.717) is 6.54 Å². The molecule has 27 heavy (non-hydrogen) atoms. The van der Waals surface area contributed by atoms with Crippen molar-refractivity contribution in [2.45, 2.75) is 45.1 Å². The molecule has 0 radical (unpaired) electrons. The van der Waals surface area contributed by atoms with Crippen molar-refractivity contribution in [2.75, 3.05) is 6.54 Å². The first-order valence-electron chi connectivity index (χ1n) is 9.53. The molecule has 4 nitrogen and oxygen atoms in total. The number of aromatic nitrogens is 1. The van der Waals surface area contributed by atoms with Crippen LogP contribution in [0.5, 0.6) is 0 Å². The molecule has 2 aliphatic rings. The van der Waals surface area contributed by atoms with Crippen molar-refractivity contribution in [1.82, 2.24) is 9.88 Å². The third kappa shape index (κ3) is 3.34. The normalized spacial score (nSPS) is 22.0. The molecule has 1 aromatic heterocycles. The van der Waals surface area contributed by atoms with Crippen molar-refractivity contribution in [3.05, 3.63) is 69.5 Å². The SMILES string of the molecule is CCC1CC(=C2c3ccc(Cl)cc3CCc3cccnc32)CCN1C(=O)O. The number of nitrogens with zero attached hydrogens (tertiary/aromatic N) is 2. The quantitative estimate of drug-likeness (QED) is 0.738. The standard InChI is InChI=1S/C22H23ClN2O2/c1-2-18-13-16(9-11-25(18)22(26)27)20-19-8-7-17(23)12-15(19)6-5-14-4-3-10-24-21(14)20/h3-4,7-8,10,12,18H,2,5-6,9,11,13H2,1H3,(H,26,27). The lowest BCUT2D eigenvalue weighted by molar-refractivity contribution is 0.115. The highest BCUT2D eigenvalue weighted by atomic mass is 35.5. The van der Waals surface area contributed by atoms with Gasteiger partial charge in [-0.05, 0) is 67.0 Å². The molecule has 1 fully saturated rings. The second-order valence-electron chi connectivity index (χ2n) is 7.28. The number of hydrogen-bond acceptors (Lipinski definition) is 2. The third-order valence-electron chi connectivity index (χ3n) is 5.78. The smallest absolute Gasteiger partial charge is 0.407 e. The number of rotatable bonds is 1. The number of piperidine rings is 1. The van der Waals surface area contributed by atoms with Gasteiger partial charge in [0.15, 0.2) is 0 Å². The predicted octanol–water partition coefficient (Wildman–Crippen LogP) is 5.19. The fourth-order valence-electron chi connectivity index (χ4n) is 4.41. The summed E-state index contributed by atoms with van der Waals surface area (Å²) >= 11 is 6.27. The maximum atomic E-state index is 11.6. The highest BCUT2D eigenvalue weighted by Crippen LogP contribution is 2.39. The molecule has 140 valence electrons. The molecule has 2 heterocycles. The van der Waals surface area contributed by atoms with Gasteiger partial charge in [-0.1, -0.05) is 36.2 Å². The molecular formula is C22H23ClN2O2. The average Bonchev–Trinajstić information content (AvgIpc) is 2.84. The van der Waals surface area contributed by atoms with Gasteiger partial charge in [-0.15, -0.1) is 0 Å². The number of pyridine rings is 1. The number of benzene rings is 1. The van der Waals surface area contributed by atoms with E-state index in [0.717, 1.165) is 42.8 Å². The van der Waals surface area contributed by atoms with Crippen LogP contribution in [0.1, 0.15) is 48.6 Å². The highest BCUT2D eigenvalue weighted by Gasteiger charge is 2.31. The lowest BCUT2D eigenvalue weighted by Gasteiger charge is -2.35. The molecule has 1 aromatic carbocycles. The number of fused-ring (bicyclic) bond motifs is 2. The van der Waals surface area contributed by atoms with Crippen molar-refractivity contribution < 1.29 is 9.90 Å². The lowest BCUT2D eigenvalue weighted by atomic mass is 9.85. The Morgan fingerprint density at radius 1 is 1.26 bits per heavy atom. The second kappa shape index (κ2) is 7.35. The molecule has 1 saturated heterocycles. The van der Waals surface area contributed by atoms with Gasteiger partial charge in [-0.25, -0.2) is 4.79 Å². The summed E-state index contributed by atoms with van der Waals surface area (Å²) in [6.07, 6.45) is 5.22. The van der Waals surface area contributed by atoms with Gasteiger partial charge in [0.2, 0.25) is 0 Å². The summed E-state index contributed by atoms with van der Waals surface area (Å²) in [5, 5.41) is 10.3. The van der Waals surface area contributed by atoms with E-state index in [-0.39, 0.29) is 6.04 Å². The summed E-state index contributed by atoms with van der Waals surface area (Å²) in [5.74, 6) is 0. The van der Waals surface area contributed by atoms with Gasteiger partial charge in [-0.3, -0.25) is 4.98 Å². The number of aryl methyl sites for hydroxylation is 2. The van der Waals surface area contributed by atoms with Crippen molar-refractivity contribution in [2.24, 2.45) is 0 Å². The van der Waals surface area contributed by atoms with E-state index in [1.807, 2.05) is 18.3 Å². The summed E-state index contributed by atoms with van der Waals surface area (Å²) in [7, 11) is 0.